The second-order valence-corrected chi connectivity index (χ2v) is 3.09. The van der Waals surface area contributed by atoms with E-state index in [9.17, 15) is 0 Å². The lowest BCUT2D eigenvalue weighted by atomic mass is 10.2. The summed E-state index contributed by atoms with van der Waals surface area (Å²) in [4.78, 5) is 0. The Morgan fingerprint density at radius 2 is 1.90 bits per heavy atom. The minimum absolute atomic E-state index is 0.277. The Bertz CT molecular complexity index is 120. The van der Waals surface area contributed by atoms with E-state index in [0.29, 0.717) is 0 Å². The molecule has 1 rings (SSSR count). The van der Waals surface area contributed by atoms with Gasteiger partial charge in [-0.25, -0.2) is 0 Å². The van der Waals surface area contributed by atoms with Crippen molar-refractivity contribution in [3.05, 3.63) is 0 Å². The highest BCUT2D eigenvalue weighted by Crippen LogP contribution is 2.24. The summed E-state index contributed by atoms with van der Waals surface area (Å²) in [6.45, 7) is -0.277. The molecule has 0 saturated carbocycles. The van der Waals surface area contributed by atoms with Gasteiger partial charge in [-0.3, -0.25) is 0 Å². The molecule has 0 radical (unpaired) electrons. The SMILES string of the molecule is OC[C@H]1O[C@@H](Br)[C@@H](O)[C@@H]1O. The summed E-state index contributed by atoms with van der Waals surface area (Å²) < 4.78 is 4.90. The second-order valence-electron chi connectivity index (χ2n) is 2.19. The molecule has 1 saturated heterocycles. The summed E-state index contributed by atoms with van der Waals surface area (Å²) in [6, 6.07) is 0. The van der Waals surface area contributed by atoms with E-state index in [1.54, 1.807) is 0 Å². The number of ether oxygens (including phenoxy) is 1. The molecular weight excluding hydrogens is 204 g/mol. The first-order valence-corrected chi connectivity index (χ1v) is 3.85. The molecule has 5 heteroatoms. The standard InChI is InChI=1S/C5H9BrO4/c6-5-4(9)3(8)2(1-7)10-5/h2-5,7-9H,1H2/t2-,3-,4+,5-/m1/s1. The van der Waals surface area contributed by atoms with E-state index in [-0.39, 0.29) is 6.61 Å². The summed E-state index contributed by atoms with van der Waals surface area (Å²) in [5.41, 5.74) is 0. The number of halogens is 1. The Hall–Kier alpha value is 0.320. The average molecular weight is 213 g/mol. The maximum absolute atomic E-state index is 9.06. The number of rotatable bonds is 1. The highest BCUT2D eigenvalue weighted by molar-refractivity contribution is 9.09. The summed E-state index contributed by atoms with van der Waals surface area (Å²) in [5.74, 6) is 0. The van der Waals surface area contributed by atoms with Gasteiger partial charge in [0.1, 0.15) is 23.3 Å². The van der Waals surface area contributed by atoms with Gasteiger partial charge in [0.25, 0.3) is 0 Å². The van der Waals surface area contributed by atoms with Crippen LogP contribution in [0.3, 0.4) is 0 Å². The minimum atomic E-state index is -0.991. The molecule has 10 heavy (non-hydrogen) atoms. The first-order valence-electron chi connectivity index (χ1n) is 2.93. The van der Waals surface area contributed by atoms with Crippen LogP contribution in [0.5, 0.6) is 0 Å². The second kappa shape index (κ2) is 3.15. The van der Waals surface area contributed by atoms with Crippen molar-refractivity contribution >= 4 is 15.9 Å². The fourth-order valence-electron chi connectivity index (χ4n) is 0.854. The van der Waals surface area contributed by atoms with Crippen molar-refractivity contribution in [2.75, 3.05) is 6.61 Å². The van der Waals surface area contributed by atoms with Crippen LogP contribution >= 0.6 is 15.9 Å². The number of hydrogen-bond acceptors (Lipinski definition) is 4. The van der Waals surface area contributed by atoms with Gasteiger partial charge in [-0.1, -0.05) is 15.9 Å². The molecular formula is C5H9BrO4. The fraction of sp³-hybridized carbons (Fsp3) is 1.00. The average Bonchev–Trinajstić information content (AvgIpc) is 2.17. The van der Waals surface area contributed by atoms with Gasteiger partial charge in [0.15, 0.2) is 0 Å². The summed E-state index contributed by atoms with van der Waals surface area (Å²) in [6.07, 6.45) is -2.61. The number of aliphatic hydroxyl groups excluding tert-OH is 3. The molecule has 0 spiro atoms. The van der Waals surface area contributed by atoms with E-state index in [4.69, 9.17) is 20.1 Å². The third-order valence-electron chi connectivity index (χ3n) is 1.48. The van der Waals surface area contributed by atoms with E-state index >= 15 is 0 Å². The van der Waals surface area contributed by atoms with Gasteiger partial charge in [-0.05, 0) is 0 Å². The third kappa shape index (κ3) is 1.33. The third-order valence-corrected chi connectivity index (χ3v) is 2.24. The van der Waals surface area contributed by atoms with Crippen molar-refractivity contribution in [3.8, 4) is 0 Å². The van der Waals surface area contributed by atoms with Crippen LogP contribution in [-0.4, -0.2) is 45.3 Å². The molecule has 1 fully saturated rings. The lowest BCUT2D eigenvalue weighted by molar-refractivity contribution is -0.00760. The van der Waals surface area contributed by atoms with Crippen LogP contribution in [0, 0.1) is 0 Å². The summed E-state index contributed by atoms with van der Waals surface area (Å²) >= 11 is 2.98. The van der Waals surface area contributed by atoms with Crippen LogP contribution in [0.25, 0.3) is 0 Å². The monoisotopic (exact) mass is 212 g/mol. The van der Waals surface area contributed by atoms with Gasteiger partial charge in [0.05, 0.1) is 6.61 Å². The highest BCUT2D eigenvalue weighted by Gasteiger charge is 2.40. The molecule has 0 aromatic carbocycles. The molecule has 1 aliphatic heterocycles. The van der Waals surface area contributed by atoms with Crippen molar-refractivity contribution in [2.45, 2.75) is 23.3 Å². The van der Waals surface area contributed by atoms with E-state index in [0.717, 1.165) is 0 Å². The lowest BCUT2D eigenvalue weighted by Crippen LogP contribution is -2.32. The maximum atomic E-state index is 9.06. The van der Waals surface area contributed by atoms with E-state index < -0.39 is 23.3 Å². The molecule has 0 bridgehead atoms. The first-order chi connectivity index (χ1) is 4.66. The molecule has 0 aliphatic carbocycles. The first kappa shape index (κ1) is 8.42. The van der Waals surface area contributed by atoms with Crippen LogP contribution in [0.2, 0.25) is 0 Å². The summed E-state index contributed by atoms with van der Waals surface area (Å²) in [7, 11) is 0. The van der Waals surface area contributed by atoms with Crippen molar-refractivity contribution in [2.24, 2.45) is 0 Å². The Morgan fingerprint density at radius 1 is 1.30 bits per heavy atom. The number of alkyl halides is 1. The molecule has 4 atom stereocenters. The minimum Gasteiger partial charge on any atom is -0.394 e. The Morgan fingerprint density at radius 3 is 2.10 bits per heavy atom. The summed E-state index contributed by atoms with van der Waals surface area (Å²) in [5, 5.41) is 26.1. The van der Waals surface area contributed by atoms with Crippen LogP contribution in [0.1, 0.15) is 0 Å². The van der Waals surface area contributed by atoms with Crippen molar-refractivity contribution in [1.82, 2.24) is 0 Å². The van der Waals surface area contributed by atoms with E-state index in [1.807, 2.05) is 0 Å². The van der Waals surface area contributed by atoms with Gasteiger partial charge in [0, 0.05) is 0 Å². The zero-order chi connectivity index (χ0) is 7.72. The fourth-order valence-corrected chi connectivity index (χ4v) is 1.44. The van der Waals surface area contributed by atoms with E-state index in [1.165, 1.54) is 0 Å². The van der Waals surface area contributed by atoms with Crippen LogP contribution in [-0.2, 0) is 4.74 Å². The molecule has 1 heterocycles. The Balaban J connectivity index is 2.53. The van der Waals surface area contributed by atoms with E-state index in [2.05, 4.69) is 15.9 Å². The molecule has 0 unspecified atom stereocenters. The Labute approximate surface area is 66.6 Å². The molecule has 0 amide bonds. The highest BCUT2D eigenvalue weighted by atomic mass is 79.9. The quantitative estimate of drug-likeness (QED) is 0.479. The molecule has 1 aliphatic rings. The molecule has 4 nitrogen and oxygen atoms in total. The predicted octanol–water partition coefficient (Wildman–Crippen LogP) is -1.18. The van der Waals surface area contributed by atoms with Gasteiger partial charge in [-0.2, -0.15) is 0 Å². The van der Waals surface area contributed by atoms with Gasteiger partial charge < -0.3 is 20.1 Å². The van der Waals surface area contributed by atoms with Gasteiger partial charge in [0.2, 0.25) is 0 Å². The van der Waals surface area contributed by atoms with Gasteiger partial charge >= 0.3 is 0 Å². The molecule has 60 valence electrons. The van der Waals surface area contributed by atoms with Crippen molar-refractivity contribution < 1.29 is 20.1 Å². The maximum Gasteiger partial charge on any atom is 0.141 e. The number of hydrogen-bond donors (Lipinski definition) is 3. The Kier molecular flexibility index (Phi) is 2.65. The molecule has 0 aromatic rings. The molecule has 3 N–H and O–H groups in total. The number of aliphatic hydroxyl groups is 3. The smallest absolute Gasteiger partial charge is 0.141 e. The topological polar surface area (TPSA) is 69.9 Å². The zero-order valence-electron chi connectivity index (χ0n) is 5.14. The largest absolute Gasteiger partial charge is 0.394 e. The normalized spacial score (nSPS) is 48.0. The van der Waals surface area contributed by atoms with Gasteiger partial charge in [-0.15, -0.1) is 0 Å². The van der Waals surface area contributed by atoms with Crippen LogP contribution in [0.15, 0.2) is 0 Å². The molecule has 0 aromatic heterocycles. The lowest BCUT2D eigenvalue weighted by Gasteiger charge is -2.09. The van der Waals surface area contributed by atoms with Crippen molar-refractivity contribution in [1.29, 1.82) is 0 Å². The van der Waals surface area contributed by atoms with Crippen LogP contribution in [0.4, 0.5) is 0 Å². The zero-order valence-corrected chi connectivity index (χ0v) is 6.73. The van der Waals surface area contributed by atoms with Crippen molar-refractivity contribution in [3.63, 3.8) is 0 Å². The van der Waals surface area contributed by atoms with Crippen LogP contribution < -0.4 is 0 Å². The predicted molar refractivity (Wildman–Crippen MR) is 36.7 cm³/mol.